The highest BCUT2D eigenvalue weighted by Gasteiger charge is 2.30. The lowest BCUT2D eigenvalue weighted by atomic mass is 10.1. The van der Waals surface area contributed by atoms with E-state index in [4.69, 9.17) is 0 Å². The lowest BCUT2D eigenvalue weighted by Gasteiger charge is -2.33. The van der Waals surface area contributed by atoms with E-state index in [-0.39, 0.29) is 24.4 Å². The quantitative estimate of drug-likeness (QED) is 0.909. The van der Waals surface area contributed by atoms with Crippen molar-refractivity contribution in [1.29, 1.82) is 0 Å². The van der Waals surface area contributed by atoms with Crippen molar-refractivity contribution in [2.24, 2.45) is 0 Å². The van der Waals surface area contributed by atoms with E-state index in [0.717, 1.165) is 29.0 Å². The molecule has 1 heterocycles. The van der Waals surface area contributed by atoms with Gasteiger partial charge < -0.3 is 10.6 Å². The minimum absolute atomic E-state index is 0.0000841. The molecule has 1 aliphatic heterocycles. The molecule has 5 heteroatoms. The summed E-state index contributed by atoms with van der Waals surface area (Å²) in [4.78, 5) is 26.5. The fourth-order valence-corrected chi connectivity index (χ4v) is 2.93. The van der Waals surface area contributed by atoms with Gasteiger partial charge in [-0.2, -0.15) is 0 Å². The predicted octanol–water partition coefficient (Wildman–Crippen LogP) is 3.03. The molecule has 0 radical (unpaired) electrons. The maximum absolute atomic E-state index is 12.5. The summed E-state index contributed by atoms with van der Waals surface area (Å²) in [6, 6.07) is 14.9. The van der Waals surface area contributed by atoms with Gasteiger partial charge in [-0.15, -0.1) is 0 Å². The molecule has 0 saturated carbocycles. The third-order valence-electron chi connectivity index (χ3n) is 4.18. The molecule has 1 unspecified atom stereocenters. The molecule has 2 N–H and O–H groups in total. The maximum Gasteiger partial charge on any atom is 0.249 e. The van der Waals surface area contributed by atoms with Crippen LogP contribution < -0.4 is 15.5 Å². The van der Waals surface area contributed by atoms with Crippen molar-refractivity contribution in [3.8, 4) is 0 Å². The van der Waals surface area contributed by atoms with Crippen molar-refractivity contribution in [1.82, 2.24) is 0 Å². The number of amides is 2. The maximum atomic E-state index is 12.5. The SMILES string of the molecule is CCc1ccccc1NC(=O)CN1C(=O)C(C)Nc2ccccc21. The topological polar surface area (TPSA) is 61.4 Å². The van der Waals surface area contributed by atoms with E-state index in [0.29, 0.717) is 0 Å². The molecular formula is C19H21N3O2. The summed E-state index contributed by atoms with van der Waals surface area (Å²) >= 11 is 0. The van der Waals surface area contributed by atoms with E-state index >= 15 is 0 Å². The van der Waals surface area contributed by atoms with Crippen LogP contribution in [-0.2, 0) is 16.0 Å². The van der Waals surface area contributed by atoms with E-state index in [1.54, 1.807) is 11.8 Å². The average molecular weight is 323 g/mol. The van der Waals surface area contributed by atoms with E-state index in [1.807, 2.05) is 55.5 Å². The number of para-hydroxylation sites is 3. The molecule has 1 aliphatic rings. The number of fused-ring (bicyclic) bond motifs is 1. The highest BCUT2D eigenvalue weighted by atomic mass is 16.2. The Balaban J connectivity index is 1.80. The second-order valence-corrected chi connectivity index (χ2v) is 5.87. The summed E-state index contributed by atoms with van der Waals surface area (Å²) in [7, 11) is 0. The Morgan fingerprint density at radius 3 is 2.67 bits per heavy atom. The normalized spacial score (nSPS) is 16.3. The van der Waals surface area contributed by atoms with Gasteiger partial charge in [0.25, 0.3) is 0 Å². The summed E-state index contributed by atoms with van der Waals surface area (Å²) in [5, 5.41) is 6.08. The van der Waals surface area contributed by atoms with Crippen LogP contribution >= 0.6 is 0 Å². The van der Waals surface area contributed by atoms with Gasteiger partial charge in [0.1, 0.15) is 12.6 Å². The van der Waals surface area contributed by atoms with E-state index in [1.165, 1.54) is 0 Å². The standard InChI is InChI=1S/C19H21N3O2/c1-3-14-8-4-5-9-15(14)21-18(23)12-22-17-11-7-6-10-16(17)20-13(2)19(22)24/h4-11,13,20H,3,12H2,1-2H3,(H,21,23). The molecule has 2 amide bonds. The minimum atomic E-state index is -0.351. The fraction of sp³-hybridized carbons (Fsp3) is 0.263. The third kappa shape index (κ3) is 3.11. The first-order valence-corrected chi connectivity index (χ1v) is 8.15. The number of hydrogen-bond acceptors (Lipinski definition) is 3. The van der Waals surface area contributed by atoms with Crippen molar-refractivity contribution in [3.05, 3.63) is 54.1 Å². The Kier molecular flexibility index (Phi) is 4.51. The van der Waals surface area contributed by atoms with Crippen molar-refractivity contribution < 1.29 is 9.59 Å². The molecule has 0 aromatic heterocycles. The number of benzene rings is 2. The highest BCUT2D eigenvalue weighted by molar-refractivity contribution is 6.09. The first-order chi connectivity index (χ1) is 11.6. The Hall–Kier alpha value is -2.82. The zero-order valence-corrected chi connectivity index (χ0v) is 13.9. The van der Waals surface area contributed by atoms with Gasteiger partial charge in [-0.3, -0.25) is 14.5 Å². The largest absolute Gasteiger partial charge is 0.372 e. The van der Waals surface area contributed by atoms with Gasteiger partial charge in [-0.25, -0.2) is 0 Å². The number of carbonyl (C=O) groups is 2. The molecule has 0 saturated heterocycles. The van der Waals surface area contributed by atoms with Crippen LogP contribution in [0.1, 0.15) is 19.4 Å². The molecule has 1 atom stereocenters. The Labute approximate surface area is 141 Å². The van der Waals surface area contributed by atoms with Crippen LogP contribution in [0.5, 0.6) is 0 Å². The molecule has 124 valence electrons. The van der Waals surface area contributed by atoms with Crippen molar-refractivity contribution >= 4 is 28.9 Å². The lowest BCUT2D eigenvalue weighted by molar-refractivity contribution is -0.122. The Morgan fingerprint density at radius 2 is 1.88 bits per heavy atom. The average Bonchev–Trinajstić information content (AvgIpc) is 2.59. The van der Waals surface area contributed by atoms with Crippen LogP contribution in [0.4, 0.5) is 17.1 Å². The van der Waals surface area contributed by atoms with Gasteiger partial charge in [0.15, 0.2) is 0 Å². The number of hydrogen-bond donors (Lipinski definition) is 2. The van der Waals surface area contributed by atoms with Gasteiger partial charge in [-0.1, -0.05) is 37.3 Å². The van der Waals surface area contributed by atoms with Gasteiger partial charge in [-0.05, 0) is 37.1 Å². The van der Waals surface area contributed by atoms with Crippen LogP contribution in [0.25, 0.3) is 0 Å². The van der Waals surface area contributed by atoms with Crippen molar-refractivity contribution in [3.63, 3.8) is 0 Å². The molecule has 5 nitrogen and oxygen atoms in total. The molecular weight excluding hydrogens is 302 g/mol. The van der Waals surface area contributed by atoms with E-state index in [2.05, 4.69) is 10.6 Å². The zero-order valence-electron chi connectivity index (χ0n) is 13.9. The molecule has 0 spiro atoms. The summed E-state index contributed by atoms with van der Waals surface area (Å²) in [6.45, 7) is 3.85. The zero-order chi connectivity index (χ0) is 17.1. The number of nitrogens with one attached hydrogen (secondary N) is 2. The second-order valence-electron chi connectivity index (χ2n) is 5.87. The van der Waals surface area contributed by atoms with Crippen molar-refractivity contribution in [2.75, 3.05) is 22.1 Å². The Morgan fingerprint density at radius 1 is 1.17 bits per heavy atom. The molecule has 3 rings (SSSR count). The first kappa shape index (κ1) is 16.1. The predicted molar refractivity (Wildman–Crippen MR) is 96.3 cm³/mol. The number of anilines is 3. The number of rotatable bonds is 4. The van der Waals surface area contributed by atoms with Crippen molar-refractivity contribution in [2.45, 2.75) is 26.3 Å². The van der Waals surface area contributed by atoms with Crippen LogP contribution in [0.3, 0.4) is 0 Å². The summed E-state index contributed by atoms with van der Waals surface area (Å²) in [6.07, 6.45) is 0.836. The molecule has 0 aliphatic carbocycles. The third-order valence-corrected chi connectivity index (χ3v) is 4.18. The smallest absolute Gasteiger partial charge is 0.249 e. The fourth-order valence-electron chi connectivity index (χ4n) is 2.93. The summed E-state index contributed by atoms with van der Waals surface area (Å²) in [5.74, 6) is -0.305. The lowest BCUT2D eigenvalue weighted by Crippen LogP contribution is -2.48. The molecule has 2 aromatic rings. The van der Waals surface area contributed by atoms with E-state index < -0.39 is 0 Å². The number of nitrogens with zero attached hydrogens (tertiary/aromatic N) is 1. The summed E-state index contributed by atoms with van der Waals surface area (Å²) < 4.78 is 0. The van der Waals surface area contributed by atoms with Gasteiger partial charge in [0, 0.05) is 5.69 Å². The van der Waals surface area contributed by atoms with Crippen LogP contribution in [-0.4, -0.2) is 24.4 Å². The monoisotopic (exact) mass is 323 g/mol. The highest BCUT2D eigenvalue weighted by Crippen LogP contribution is 2.31. The van der Waals surface area contributed by atoms with Crippen LogP contribution in [0, 0.1) is 0 Å². The molecule has 24 heavy (non-hydrogen) atoms. The van der Waals surface area contributed by atoms with E-state index in [9.17, 15) is 9.59 Å². The molecule has 0 fully saturated rings. The van der Waals surface area contributed by atoms with Gasteiger partial charge in [0.05, 0.1) is 11.4 Å². The minimum Gasteiger partial charge on any atom is -0.372 e. The van der Waals surface area contributed by atoms with Crippen LogP contribution in [0.15, 0.2) is 48.5 Å². The second kappa shape index (κ2) is 6.74. The number of aryl methyl sites for hydroxylation is 1. The molecule has 2 aromatic carbocycles. The molecule has 0 bridgehead atoms. The van der Waals surface area contributed by atoms with Gasteiger partial charge in [0.2, 0.25) is 11.8 Å². The Bertz CT molecular complexity index is 773. The number of carbonyl (C=O) groups excluding carboxylic acids is 2. The van der Waals surface area contributed by atoms with Crippen LogP contribution in [0.2, 0.25) is 0 Å². The first-order valence-electron chi connectivity index (χ1n) is 8.15. The summed E-state index contributed by atoms with van der Waals surface area (Å²) in [5.41, 5.74) is 3.48. The van der Waals surface area contributed by atoms with Gasteiger partial charge >= 0.3 is 0 Å².